The van der Waals surface area contributed by atoms with Crippen LogP contribution in [0.3, 0.4) is 0 Å². The van der Waals surface area contributed by atoms with Crippen molar-refractivity contribution in [3.05, 3.63) is 35.4 Å². The predicted molar refractivity (Wildman–Crippen MR) is 92.3 cm³/mol. The Hall–Kier alpha value is -1.20. The van der Waals surface area contributed by atoms with Crippen LogP contribution in [0.1, 0.15) is 36.9 Å². The lowest BCUT2D eigenvalue weighted by molar-refractivity contribution is 0.149. The van der Waals surface area contributed by atoms with E-state index < -0.39 is 0 Å². The zero-order valence-corrected chi connectivity index (χ0v) is 14.2. The summed E-state index contributed by atoms with van der Waals surface area (Å²) in [4.78, 5) is 14.5. The summed E-state index contributed by atoms with van der Waals surface area (Å²) in [6.45, 7) is 2.45. The van der Waals surface area contributed by atoms with E-state index >= 15 is 0 Å². The number of fused-ring (bicyclic) bond motifs is 1. The molecule has 2 amide bonds. The van der Waals surface area contributed by atoms with Crippen LogP contribution in [0.4, 0.5) is 4.79 Å². The molecule has 2 rings (SSSR count). The summed E-state index contributed by atoms with van der Waals surface area (Å²) in [7, 11) is 0. The number of aliphatic hydroxyl groups is 1. The van der Waals surface area contributed by atoms with E-state index in [2.05, 4.69) is 24.4 Å². The van der Waals surface area contributed by atoms with Crippen LogP contribution >= 0.6 is 11.8 Å². The summed E-state index contributed by atoms with van der Waals surface area (Å²) < 4.78 is 0. The van der Waals surface area contributed by atoms with Gasteiger partial charge in [-0.05, 0) is 36.6 Å². The Bertz CT molecular complexity index is 495. The Morgan fingerprint density at radius 3 is 2.95 bits per heavy atom. The lowest BCUT2D eigenvalue weighted by Gasteiger charge is -2.31. The number of nitrogens with zero attached hydrogens (tertiary/aromatic N) is 1. The molecule has 1 aromatic rings. The van der Waals surface area contributed by atoms with Gasteiger partial charge in [-0.25, -0.2) is 4.79 Å². The number of rotatable bonds is 7. The van der Waals surface area contributed by atoms with Crippen LogP contribution in [-0.4, -0.2) is 47.2 Å². The third-order valence-electron chi connectivity index (χ3n) is 4.27. The number of benzene rings is 1. The first-order valence-electron chi connectivity index (χ1n) is 7.96. The van der Waals surface area contributed by atoms with Crippen molar-refractivity contribution in [2.75, 3.05) is 25.2 Å². The lowest BCUT2D eigenvalue weighted by Crippen LogP contribution is -2.47. The van der Waals surface area contributed by atoms with Gasteiger partial charge in [-0.2, -0.15) is 11.8 Å². The number of carbonyl (C=O) groups is 1. The van der Waals surface area contributed by atoms with Crippen molar-refractivity contribution < 1.29 is 9.90 Å². The highest BCUT2D eigenvalue weighted by Crippen LogP contribution is 2.35. The molecule has 5 heteroatoms. The van der Waals surface area contributed by atoms with Gasteiger partial charge in [0.05, 0.1) is 12.6 Å². The van der Waals surface area contributed by atoms with Gasteiger partial charge in [0.25, 0.3) is 0 Å². The zero-order valence-electron chi connectivity index (χ0n) is 13.4. The van der Waals surface area contributed by atoms with Crippen molar-refractivity contribution in [3.8, 4) is 0 Å². The number of aliphatic hydroxyl groups excluding tert-OH is 1. The van der Waals surface area contributed by atoms with Gasteiger partial charge in [-0.3, -0.25) is 0 Å². The summed E-state index contributed by atoms with van der Waals surface area (Å²) in [5.74, 6) is 0.913. The van der Waals surface area contributed by atoms with Crippen LogP contribution in [0.15, 0.2) is 24.3 Å². The topological polar surface area (TPSA) is 52.6 Å². The first kappa shape index (κ1) is 17.2. The van der Waals surface area contributed by atoms with Gasteiger partial charge in [0.1, 0.15) is 0 Å². The molecule has 4 nitrogen and oxygen atoms in total. The van der Waals surface area contributed by atoms with Crippen molar-refractivity contribution >= 4 is 17.8 Å². The maximum atomic E-state index is 12.7. The molecule has 2 unspecified atom stereocenters. The molecule has 122 valence electrons. The first-order chi connectivity index (χ1) is 10.7. The van der Waals surface area contributed by atoms with Crippen LogP contribution in [-0.2, 0) is 6.42 Å². The van der Waals surface area contributed by atoms with Crippen molar-refractivity contribution in [2.45, 2.75) is 38.3 Å². The molecule has 0 bridgehead atoms. The van der Waals surface area contributed by atoms with Crippen molar-refractivity contribution in [2.24, 2.45) is 0 Å². The first-order valence-corrected chi connectivity index (χ1v) is 9.35. The molecule has 0 aromatic heterocycles. The van der Waals surface area contributed by atoms with E-state index in [0.29, 0.717) is 6.54 Å². The normalized spacial score (nSPS) is 17.9. The Balaban J connectivity index is 2.11. The van der Waals surface area contributed by atoms with Crippen molar-refractivity contribution in [3.63, 3.8) is 0 Å². The second kappa shape index (κ2) is 8.44. The van der Waals surface area contributed by atoms with Crippen molar-refractivity contribution in [1.82, 2.24) is 10.2 Å². The van der Waals surface area contributed by atoms with E-state index in [1.54, 1.807) is 16.7 Å². The molecule has 2 N–H and O–H groups in total. The van der Waals surface area contributed by atoms with Gasteiger partial charge in [0.15, 0.2) is 0 Å². The van der Waals surface area contributed by atoms with E-state index in [9.17, 15) is 9.90 Å². The number of urea groups is 1. The van der Waals surface area contributed by atoms with Gasteiger partial charge in [-0.15, -0.1) is 0 Å². The summed E-state index contributed by atoms with van der Waals surface area (Å²) in [5.41, 5.74) is 2.54. The molecule has 0 radical (unpaired) electrons. The standard InChI is InChI=1S/C17H26N2O2S/c1-3-14(12-22-2)18-17(21)19(10-11-20)16-9-8-13-6-4-5-7-15(13)16/h4-7,14,16,20H,3,8-12H2,1-2H3,(H,18,21). The monoisotopic (exact) mass is 322 g/mol. The molecule has 1 aromatic carbocycles. The second-order valence-electron chi connectivity index (χ2n) is 5.68. The number of hydrogen-bond donors (Lipinski definition) is 2. The minimum Gasteiger partial charge on any atom is -0.395 e. The van der Waals surface area contributed by atoms with Gasteiger partial charge in [0.2, 0.25) is 0 Å². The van der Waals surface area contributed by atoms with E-state index in [1.165, 1.54) is 11.1 Å². The van der Waals surface area contributed by atoms with Crippen LogP contribution in [0.5, 0.6) is 0 Å². The fraction of sp³-hybridized carbons (Fsp3) is 0.588. The number of hydrogen-bond acceptors (Lipinski definition) is 3. The Morgan fingerprint density at radius 1 is 1.50 bits per heavy atom. The summed E-state index contributed by atoms with van der Waals surface area (Å²) in [6, 6.07) is 8.50. The highest BCUT2D eigenvalue weighted by Gasteiger charge is 2.31. The van der Waals surface area contributed by atoms with Crippen LogP contribution in [0, 0.1) is 0 Å². The number of nitrogens with one attached hydrogen (secondary N) is 1. The number of aryl methyl sites for hydroxylation is 1. The van der Waals surface area contributed by atoms with Gasteiger partial charge < -0.3 is 15.3 Å². The second-order valence-corrected chi connectivity index (χ2v) is 6.59. The Morgan fingerprint density at radius 2 is 2.27 bits per heavy atom. The van der Waals surface area contributed by atoms with E-state index in [1.807, 2.05) is 18.4 Å². The molecular weight excluding hydrogens is 296 g/mol. The van der Waals surface area contributed by atoms with Crippen LogP contribution in [0.2, 0.25) is 0 Å². The molecule has 0 spiro atoms. The Kier molecular flexibility index (Phi) is 6.58. The minimum absolute atomic E-state index is 0.00853. The highest BCUT2D eigenvalue weighted by molar-refractivity contribution is 7.98. The molecule has 0 aliphatic heterocycles. The third kappa shape index (κ3) is 3.96. The van der Waals surface area contributed by atoms with E-state index in [4.69, 9.17) is 0 Å². The number of thioether (sulfide) groups is 1. The van der Waals surface area contributed by atoms with E-state index in [-0.39, 0.29) is 24.7 Å². The average molecular weight is 322 g/mol. The Labute approximate surface area is 137 Å². The fourth-order valence-electron chi connectivity index (χ4n) is 3.09. The van der Waals surface area contributed by atoms with Crippen LogP contribution in [0.25, 0.3) is 0 Å². The zero-order chi connectivity index (χ0) is 15.9. The molecule has 0 fully saturated rings. The van der Waals surface area contributed by atoms with Gasteiger partial charge >= 0.3 is 6.03 Å². The molecule has 2 atom stereocenters. The maximum Gasteiger partial charge on any atom is 0.318 e. The number of carbonyl (C=O) groups excluding carboxylic acids is 1. The van der Waals surface area contributed by atoms with Crippen molar-refractivity contribution in [1.29, 1.82) is 0 Å². The molecule has 1 aliphatic carbocycles. The summed E-state index contributed by atoms with van der Waals surface area (Å²) >= 11 is 1.74. The van der Waals surface area contributed by atoms with Gasteiger partial charge in [-0.1, -0.05) is 31.2 Å². The molecule has 0 saturated carbocycles. The predicted octanol–water partition coefficient (Wildman–Crippen LogP) is 2.82. The average Bonchev–Trinajstić information content (AvgIpc) is 2.95. The summed E-state index contributed by atoms with van der Waals surface area (Å²) in [6.07, 6.45) is 4.90. The molecule has 1 aliphatic rings. The maximum absolute atomic E-state index is 12.7. The fourth-order valence-corrected chi connectivity index (χ4v) is 3.81. The summed E-state index contributed by atoms with van der Waals surface area (Å²) in [5, 5.41) is 12.5. The largest absolute Gasteiger partial charge is 0.395 e. The third-order valence-corrected chi connectivity index (χ3v) is 5.00. The van der Waals surface area contributed by atoms with Gasteiger partial charge in [0, 0.05) is 18.3 Å². The molecule has 0 saturated heterocycles. The highest BCUT2D eigenvalue weighted by atomic mass is 32.2. The molecule has 22 heavy (non-hydrogen) atoms. The molecule has 0 heterocycles. The SMILES string of the molecule is CCC(CSC)NC(=O)N(CCO)C1CCc2ccccc21. The number of amides is 2. The quantitative estimate of drug-likeness (QED) is 0.811. The smallest absolute Gasteiger partial charge is 0.318 e. The molecular formula is C17H26N2O2S. The minimum atomic E-state index is -0.0587. The van der Waals surface area contributed by atoms with Crippen LogP contribution < -0.4 is 5.32 Å². The van der Waals surface area contributed by atoms with E-state index in [0.717, 1.165) is 25.0 Å². The lowest BCUT2D eigenvalue weighted by atomic mass is 10.1.